The Morgan fingerprint density at radius 3 is 2.69 bits per heavy atom. The monoisotopic (exact) mass is 436 g/mol. The molecule has 4 rings (SSSR count). The van der Waals surface area contributed by atoms with Crippen LogP contribution < -0.4 is 16.0 Å². The summed E-state index contributed by atoms with van der Waals surface area (Å²) < 4.78 is 31.4. The smallest absolute Gasteiger partial charge is 0.281 e. The first kappa shape index (κ1) is 21.0. The summed E-state index contributed by atoms with van der Waals surface area (Å²) in [5, 5.41) is 4.44. The summed E-state index contributed by atoms with van der Waals surface area (Å²) in [5.74, 6) is -0.0269. The summed E-state index contributed by atoms with van der Waals surface area (Å²) >= 11 is 0. The van der Waals surface area contributed by atoms with E-state index >= 15 is 0 Å². The van der Waals surface area contributed by atoms with Gasteiger partial charge >= 0.3 is 0 Å². The van der Waals surface area contributed by atoms with E-state index in [1.807, 2.05) is 0 Å². The molecule has 4 aromatic rings. The molecule has 0 unspecified atom stereocenters. The molecule has 0 aliphatic carbocycles. The average Bonchev–Trinajstić information content (AvgIpc) is 2.79. The Bertz CT molecular complexity index is 1360. The van der Waals surface area contributed by atoms with Crippen molar-refractivity contribution in [3.63, 3.8) is 0 Å². The molecule has 0 amide bonds. The third-order valence-corrected chi connectivity index (χ3v) is 4.61. The van der Waals surface area contributed by atoms with E-state index in [1.165, 1.54) is 10.7 Å². The SMILES string of the molecule is CN=Cc1cc(-n2nc3ccc(OCC(F)F)nc3c(-c3ccncc3)c2=O)ccc1N. The molecule has 2 N–H and O–H groups in total. The molecule has 0 aliphatic heterocycles. The van der Waals surface area contributed by atoms with Gasteiger partial charge < -0.3 is 10.5 Å². The van der Waals surface area contributed by atoms with Crippen LogP contribution in [0, 0.1) is 0 Å². The summed E-state index contributed by atoms with van der Waals surface area (Å²) in [4.78, 5) is 25.8. The molecular formula is C22H18F2N6O2. The van der Waals surface area contributed by atoms with Crippen LogP contribution in [0.2, 0.25) is 0 Å². The average molecular weight is 436 g/mol. The van der Waals surface area contributed by atoms with Crippen molar-refractivity contribution in [3.8, 4) is 22.7 Å². The number of aromatic nitrogens is 4. The van der Waals surface area contributed by atoms with Gasteiger partial charge in [0.2, 0.25) is 5.88 Å². The van der Waals surface area contributed by atoms with Gasteiger partial charge in [0, 0.05) is 43.0 Å². The number of aliphatic imine (C=N–C) groups is 1. The molecule has 0 saturated carbocycles. The highest BCUT2D eigenvalue weighted by atomic mass is 19.3. The third-order valence-electron chi connectivity index (χ3n) is 4.61. The fourth-order valence-corrected chi connectivity index (χ4v) is 3.19. The molecule has 8 nitrogen and oxygen atoms in total. The molecule has 162 valence electrons. The second-order valence-corrected chi connectivity index (χ2v) is 6.75. The minimum absolute atomic E-state index is 0.0269. The predicted molar refractivity (Wildman–Crippen MR) is 118 cm³/mol. The van der Waals surface area contributed by atoms with Crippen molar-refractivity contribution in [2.24, 2.45) is 4.99 Å². The van der Waals surface area contributed by atoms with E-state index in [1.54, 1.807) is 62.1 Å². The van der Waals surface area contributed by atoms with Gasteiger partial charge in [0.25, 0.3) is 12.0 Å². The van der Waals surface area contributed by atoms with E-state index in [4.69, 9.17) is 10.5 Å². The number of nitrogens with two attached hydrogens (primary N) is 1. The second-order valence-electron chi connectivity index (χ2n) is 6.75. The lowest BCUT2D eigenvalue weighted by Gasteiger charge is -2.13. The number of hydrogen-bond acceptors (Lipinski definition) is 7. The Labute approximate surface area is 181 Å². The van der Waals surface area contributed by atoms with E-state index in [0.29, 0.717) is 28.0 Å². The van der Waals surface area contributed by atoms with Crippen molar-refractivity contribution in [2.45, 2.75) is 6.43 Å². The number of benzene rings is 1. The maximum Gasteiger partial charge on any atom is 0.281 e. The van der Waals surface area contributed by atoms with Gasteiger partial charge in [-0.2, -0.15) is 9.78 Å². The lowest BCUT2D eigenvalue weighted by atomic mass is 10.1. The van der Waals surface area contributed by atoms with E-state index in [9.17, 15) is 13.6 Å². The maximum atomic E-state index is 13.5. The number of hydrogen-bond donors (Lipinski definition) is 1. The highest BCUT2D eigenvalue weighted by Crippen LogP contribution is 2.26. The summed E-state index contributed by atoms with van der Waals surface area (Å²) in [7, 11) is 1.62. The largest absolute Gasteiger partial charge is 0.472 e. The first-order valence-electron chi connectivity index (χ1n) is 9.55. The molecule has 0 bridgehead atoms. The summed E-state index contributed by atoms with van der Waals surface area (Å²) in [5.41, 5.74) is 8.56. The van der Waals surface area contributed by atoms with Gasteiger partial charge in [0.05, 0.1) is 11.3 Å². The second kappa shape index (κ2) is 8.88. The molecule has 0 spiro atoms. The van der Waals surface area contributed by atoms with Gasteiger partial charge in [0.15, 0.2) is 6.61 Å². The molecule has 1 aromatic carbocycles. The lowest BCUT2D eigenvalue weighted by Crippen LogP contribution is -2.24. The normalized spacial score (nSPS) is 11.5. The van der Waals surface area contributed by atoms with Crippen molar-refractivity contribution < 1.29 is 13.5 Å². The summed E-state index contributed by atoms with van der Waals surface area (Å²) in [6.07, 6.45) is 2.02. The minimum Gasteiger partial charge on any atom is -0.472 e. The van der Waals surface area contributed by atoms with Crippen LogP contribution in [0.4, 0.5) is 14.5 Å². The Kier molecular flexibility index (Phi) is 5.84. The molecule has 3 heterocycles. The van der Waals surface area contributed by atoms with Crippen LogP contribution in [0.3, 0.4) is 0 Å². The van der Waals surface area contributed by atoms with Crippen LogP contribution in [0.25, 0.3) is 27.8 Å². The molecule has 0 fully saturated rings. The highest BCUT2D eigenvalue weighted by Gasteiger charge is 2.18. The van der Waals surface area contributed by atoms with Crippen LogP contribution >= 0.6 is 0 Å². The number of halogens is 2. The quantitative estimate of drug-likeness (QED) is 0.368. The van der Waals surface area contributed by atoms with E-state index in [2.05, 4.69) is 20.1 Å². The molecule has 0 saturated heterocycles. The molecular weight excluding hydrogens is 418 g/mol. The Morgan fingerprint density at radius 2 is 1.97 bits per heavy atom. The van der Waals surface area contributed by atoms with E-state index in [0.717, 1.165) is 0 Å². The van der Waals surface area contributed by atoms with Crippen molar-refractivity contribution in [3.05, 3.63) is 70.8 Å². The van der Waals surface area contributed by atoms with Gasteiger partial charge in [-0.3, -0.25) is 14.8 Å². The number of nitrogens with zero attached hydrogens (tertiary/aromatic N) is 5. The van der Waals surface area contributed by atoms with Gasteiger partial charge in [-0.25, -0.2) is 13.8 Å². The zero-order valence-electron chi connectivity index (χ0n) is 16.9. The zero-order chi connectivity index (χ0) is 22.7. The summed E-state index contributed by atoms with van der Waals surface area (Å²) in [6, 6.07) is 11.4. The van der Waals surface area contributed by atoms with Gasteiger partial charge in [0.1, 0.15) is 11.0 Å². The van der Waals surface area contributed by atoms with Crippen LogP contribution in [-0.4, -0.2) is 46.0 Å². The number of ether oxygens (including phenoxy) is 1. The Morgan fingerprint density at radius 1 is 1.19 bits per heavy atom. The fraction of sp³-hybridized carbons (Fsp3) is 0.136. The minimum atomic E-state index is -2.65. The topological polar surface area (TPSA) is 108 Å². The molecule has 0 atom stereocenters. The van der Waals surface area contributed by atoms with Crippen molar-refractivity contribution in [1.82, 2.24) is 19.7 Å². The number of nitrogen functional groups attached to an aromatic ring is 1. The highest BCUT2D eigenvalue weighted by molar-refractivity contribution is 5.91. The maximum absolute atomic E-state index is 13.5. The predicted octanol–water partition coefficient (Wildman–Crippen LogP) is 3.12. The molecule has 3 aromatic heterocycles. The first-order valence-corrected chi connectivity index (χ1v) is 9.55. The number of anilines is 1. The summed E-state index contributed by atoms with van der Waals surface area (Å²) in [6.45, 7) is -0.805. The van der Waals surface area contributed by atoms with Crippen molar-refractivity contribution in [1.29, 1.82) is 0 Å². The van der Waals surface area contributed by atoms with E-state index in [-0.39, 0.29) is 17.0 Å². The molecule has 32 heavy (non-hydrogen) atoms. The third kappa shape index (κ3) is 4.15. The van der Waals surface area contributed by atoms with Crippen molar-refractivity contribution in [2.75, 3.05) is 19.4 Å². The van der Waals surface area contributed by atoms with Gasteiger partial charge in [-0.15, -0.1) is 0 Å². The molecule has 0 aliphatic rings. The number of pyridine rings is 2. The first-order chi connectivity index (χ1) is 15.5. The standard InChI is InChI=1S/C22H18F2N6O2/c1-26-11-14-10-15(2-3-16(14)25)30-22(31)20(13-6-8-27-9-7-13)21-17(29-30)4-5-19(28-21)32-12-18(23)24/h2-11,18H,12,25H2,1H3. The van der Waals surface area contributed by atoms with Crippen LogP contribution in [0.1, 0.15) is 5.56 Å². The van der Waals surface area contributed by atoms with E-state index < -0.39 is 18.6 Å². The molecule has 0 radical (unpaired) electrons. The van der Waals surface area contributed by atoms with Crippen LogP contribution in [-0.2, 0) is 0 Å². The number of rotatable bonds is 6. The Hall–Kier alpha value is -4.21. The van der Waals surface area contributed by atoms with Crippen LogP contribution in [0.15, 0.2) is 64.6 Å². The number of fused-ring (bicyclic) bond motifs is 1. The van der Waals surface area contributed by atoms with Gasteiger partial charge in [-0.05, 0) is 42.0 Å². The zero-order valence-corrected chi connectivity index (χ0v) is 16.9. The fourth-order valence-electron chi connectivity index (χ4n) is 3.19. The van der Waals surface area contributed by atoms with Gasteiger partial charge in [-0.1, -0.05) is 0 Å². The lowest BCUT2D eigenvalue weighted by molar-refractivity contribution is 0.0798. The van der Waals surface area contributed by atoms with Crippen LogP contribution in [0.5, 0.6) is 5.88 Å². The molecule has 10 heteroatoms. The Balaban J connectivity index is 1.97. The van der Waals surface area contributed by atoms with Crippen molar-refractivity contribution >= 4 is 22.9 Å². The number of alkyl halides is 2.